The van der Waals surface area contributed by atoms with Crippen LogP contribution < -0.4 is 4.90 Å². The largest absolute Gasteiger partial charge is 0.452 e. The number of hydrogen-bond donors (Lipinski definition) is 0. The molecular formula is C21H22N2O3. The topological polar surface area (TPSA) is 70.4 Å². The molecule has 0 N–H and O–H groups in total. The van der Waals surface area contributed by atoms with Crippen molar-refractivity contribution >= 4 is 17.6 Å². The van der Waals surface area contributed by atoms with Gasteiger partial charge in [-0.1, -0.05) is 23.8 Å². The Labute approximate surface area is 153 Å². The average molecular weight is 350 g/mol. The Kier molecular flexibility index (Phi) is 6.51. The maximum Gasteiger partial charge on any atom is 0.338 e. The fourth-order valence-corrected chi connectivity index (χ4v) is 2.64. The zero-order valence-electron chi connectivity index (χ0n) is 15.3. The van der Waals surface area contributed by atoms with Gasteiger partial charge in [-0.05, 0) is 56.2 Å². The van der Waals surface area contributed by atoms with E-state index in [1.54, 1.807) is 12.1 Å². The molecule has 0 bridgehead atoms. The molecule has 2 rings (SSSR count). The molecule has 2 aromatic rings. The second-order valence-corrected chi connectivity index (χ2v) is 6.24. The molecule has 5 nitrogen and oxygen atoms in total. The molecule has 0 saturated heterocycles. The monoisotopic (exact) mass is 350 g/mol. The molecule has 5 heteroatoms. The summed E-state index contributed by atoms with van der Waals surface area (Å²) in [5, 5.41) is 8.87. The van der Waals surface area contributed by atoms with Crippen molar-refractivity contribution in [3.8, 4) is 6.07 Å². The quantitative estimate of drug-likeness (QED) is 0.745. The van der Waals surface area contributed by atoms with Gasteiger partial charge in [-0.15, -0.1) is 0 Å². The van der Waals surface area contributed by atoms with Crippen LogP contribution in [0.1, 0.15) is 33.5 Å². The smallest absolute Gasteiger partial charge is 0.338 e. The Hall–Kier alpha value is -3.13. The van der Waals surface area contributed by atoms with Crippen LogP contribution in [-0.2, 0) is 9.53 Å². The summed E-state index contributed by atoms with van der Waals surface area (Å²) >= 11 is 0. The van der Waals surface area contributed by atoms with E-state index in [0.29, 0.717) is 11.3 Å². The van der Waals surface area contributed by atoms with Crippen molar-refractivity contribution < 1.29 is 14.3 Å². The minimum absolute atomic E-state index is 0.199. The van der Waals surface area contributed by atoms with E-state index in [4.69, 9.17) is 10.00 Å². The van der Waals surface area contributed by atoms with E-state index >= 15 is 0 Å². The van der Waals surface area contributed by atoms with Crippen LogP contribution in [-0.4, -0.2) is 25.0 Å². The summed E-state index contributed by atoms with van der Waals surface area (Å²) in [6.07, 6.45) is 0.199. The number of anilines is 1. The van der Waals surface area contributed by atoms with Crippen LogP contribution in [0.15, 0.2) is 42.5 Å². The van der Waals surface area contributed by atoms with Gasteiger partial charge in [0.15, 0.2) is 6.61 Å². The molecule has 1 amide bonds. The molecule has 0 aliphatic rings. The Morgan fingerprint density at radius 3 is 2.19 bits per heavy atom. The van der Waals surface area contributed by atoms with Crippen molar-refractivity contribution in [2.75, 3.05) is 18.1 Å². The molecule has 0 aliphatic heterocycles. The Morgan fingerprint density at radius 2 is 1.62 bits per heavy atom. The lowest BCUT2D eigenvalue weighted by molar-refractivity contribution is -0.121. The van der Waals surface area contributed by atoms with Crippen LogP contribution in [0.4, 0.5) is 5.69 Å². The minimum atomic E-state index is -0.543. The zero-order chi connectivity index (χ0) is 19.1. The number of nitrogens with zero attached hydrogens (tertiary/aromatic N) is 2. The van der Waals surface area contributed by atoms with E-state index in [1.807, 2.05) is 57.2 Å². The Bertz CT molecular complexity index is 815. The van der Waals surface area contributed by atoms with Gasteiger partial charge >= 0.3 is 5.97 Å². The van der Waals surface area contributed by atoms with Crippen molar-refractivity contribution in [1.82, 2.24) is 0 Å². The van der Waals surface area contributed by atoms with Gasteiger partial charge in [0, 0.05) is 12.2 Å². The first kappa shape index (κ1) is 19.2. The number of amides is 1. The molecule has 0 spiro atoms. The van der Waals surface area contributed by atoms with Gasteiger partial charge in [0.2, 0.25) is 0 Å². The molecular weight excluding hydrogens is 328 g/mol. The van der Waals surface area contributed by atoms with E-state index in [2.05, 4.69) is 0 Å². The molecule has 0 unspecified atom stereocenters. The molecule has 0 aliphatic carbocycles. The van der Waals surface area contributed by atoms with Crippen molar-refractivity contribution in [3.05, 3.63) is 64.7 Å². The van der Waals surface area contributed by atoms with E-state index in [-0.39, 0.29) is 25.5 Å². The lowest BCUT2D eigenvalue weighted by Crippen LogP contribution is -2.35. The first-order chi connectivity index (χ1) is 12.4. The fraction of sp³-hybridized carbons (Fsp3) is 0.286. The second kappa shape index (κ2) is 8.82. The molecule has 0 saturated carbocycles. The SMILES string of the molecule is Cc1ccc(C(=O)OCC(=O)N(CCC#N)c2cc(C)cc(C)c2)cc1. The molecule has 2 aromatic carbocycles. The first-order valence-corrected chi connectivity index (χ1v) is 8.40. The standard InChI is InChI=1S/C21H22N2O3/c1-15-5-7-18(8-6-15)21(25)26-14-20(24)23(10-4-9-22)19-12-16(2)11-17(3)13-19/h5-8,11-13H,4,10,14H2,1-3H3. The summed E-state index contributed by atoms with van der Waals surface area (Å²) in [4.78, 5) is 26.2. The highest BCUT2D eigenvalue weighted by molar-refractivity contribution is 5.97. The van der Waals surface area contributed by atoms with Crippen molar-refractivity contribution in [3.63, 3.8) is 0 Å². The third-order valence-corrected chi connectivity index (χ3v) is 3.88. The minimum Gasteiger partial charge on any atom is -0.452 e. The maximum atomic E-state index is 12.6. The third-order valence-electron chi connectivity index (χ3n) is 3.88. The van der Waals surface area contributed by atoms with E-state index in [9.17, 15) is 9.59 Å². The lowest BCUT2D eigenvalue weighted by atomic mass is 10.1. The van der Waals surface area contributed by atoms with Crippen LogP contribution in [0, 0.1) is 32.1 Å². The highest BCUT2D eigenvalue weighted by Crippen LogP contribution is 2.19. The highest BCUT2D eigenvalue weighted by Gasteiger charge is 2.18. The van der Waals surface area contributed by atoms with Gasteiger partial charge in [0.1, 0.15) is 0 Å². The number of hydrogen-bond acceptors (Lipinski definition) is 4. The summed E-state index contributed by atoms with van der Waals surface area (Å²) in [6.45, 7) is 5.70. The predicted octanol–water partition coefficient (Wildman–Crippen LogP) is 3.72. The van der Waals surface area contributed by atoms with Gasteiger partial charge < -0.3 is 9.64 Å². The van der Waals surface area contributed by atoms with E-state index in [1.165, 1.54) is 4.90 Å². The number of nitriles is 1. The average Bonchev–Trinajstić information content (AvgIpc) is 2.59. The highest BCUT2D eigenvalue weighted by atomic mass is 16.5. The number of carbonyl (C=O) groups excluding carboxylic acids is 2. The predicted molar refractivity (Wildman–Crippen MR) is 100.0 cm³/mol. The summed E-state index contributed by atoms with van der Waals surface area (Å²) in [5.41, 5.74) is 4.18. The van der Waals surface area contributed by atoms with Gasteiger partial charge in [-0.3, -0.25) is 4.79 Å². The number of ether oxygens (including phenoxy) is 1. The first-order valence-electron chi connectivity index (χ1n) is 8.40. The molecule has 134 valence electrons. The van der Waals surface area contributed by atoms with Crippen LogP contribution >= 0.6 is 0 Å². The molecule has 0 radical (unpaired) electrons. The van der Waals surface area contributed by atoms with Gasteiger partial charge in [0.05, 0.1) is 18.1 Å². The molecule has 26 heavy (non-hydrogen) atoms. The Morgan fingerprint density at radius 1 is 1.00 bits per heavy atom. The van der Waals surface area contributed by atoms with Crippen LogP contribution in [0.2, 0.25) is 0 Å². The second-order valence-electron chi connectivity index (χ2n) is 6.24. The molecule has 0 atom stereocenters. The third kappa shape index (κ3) is 5.18. The van der Waals surface area contributed by atoms with Crippen molar-refractivity contribution in [1.29, 1.82) is 5.26 Å². The fourth-order valence-electron chi connectivity index (χ4n) is 2.64. The zero-order valence-corrected chi connectivity index (χ0v) is 15.3. The number of aryl methyl sites for hydroxylation is 3. The summed E-state index contributed by atoms with van der Waals surface area (Å²) in [5.74, 6) is -0.898. The van der Waals surface area contributed by atoms with E-state index in [0.717, 1.165) is 16.7 Å². The molecule has 0 aromatic heterocycles. The molecule has 0 heterocycles. The molecule has 0 fully saturated rings. The lowest BCUT2D eigenvalue weighted by Gasteiger charge is -2.22. The van der Waals surface area contributed by atoms with Crippen molar-refractivity contribution in [2.24, 2.45) is 0 Å². The number of benzene rings is 2. The van der Waals surface area contributed by atoms with Crippen LogP contribution in [0.5, 0.6) is 0 Å². The summed E-state index contributed by atoms with van der Waals surface area (Å²) in [6, 6.07) is 14.8. The van der Waals surface area contributed by atoms with Crippen molar-refractivity contribution in [2.45, 2.75) is 27.2 Å². The van der Waals surface area contributed by atoms with Crippen LogP contribution in [0.3, 0.4) is 0 Å². The van der Waals surface area contributed by atoms with Gasteiger partial charge in [-0.2, -0.15) is 5.26 Å². The van der Waals surface area contributed by atoms with Gasteiger partial charge in [0.25, 0.3) is 5.91 Å². The van der Waals surface area contributed by atoms with Crippen LogP contribution in [0.25, 0.3) is 0 Å². The Balaban J connectivity index is 2.10. The normalized spacial score (nSPS) is 10.1. The number of esters is 1. The van der Waals surface area contributed by atoms with E-state index < -0.39 is 5.97 Å². The number of rotatable bonds is 6. The summed E-state index contributed by atoms with van der Waals surface area (Å²) in [7, 11) is 0. The summed E-state index contributed by atoms with van der Waals surface area (Å²) < 4.78 is 5.16. The van der Waals surface area contributed by atoms with Gasteiger partial charge in [-0.25, -0.2) is 4.79 Å². The number of carbonyl (C=O) groups is 2. The maximum absolute atomic E-state index is 12.6.